The molecule has 0 aliphatic carbocycles. The van der Waals surface area contributed by atoms with Crippen LogP contribution >= 0.6 is 0 Å². The zero-order valence-corrected chi connectivity index (χ0v) is 20.9. The maximum absolute atomic E-state index is 12.4. The van der Waals surface area contributed by atoms with Gasteiger partial charge in [-0.25, -0.2) is 0 Å². The van der Waals surface area contributed by atoms with Gasteiger partial charge in [-0.2, -0.15) is 0 Å². The van der Waals surface area contributed by atoms with Crippen LogP contribution < -0.4 is 10.2 Å². The summed E-state index contributed by atoms with van der Waals surface area (Å²) in [5.74, 6) is 0.965. The zero-order valence-electron chi connectivity index (χ0n) is 20.9. The molecule has 1 aliphatic rings. The molecule has 0 aromatic heterocycles. The van der Waals surface area contributed by atoms with E-state index in [1.54, 1.807) is 0 Å². The molecule has 1 aliphatic heterocycles. The van der Waals surface area contributed by atoms with E-state index in [9.17, 15) is 4.79 Å². The molecule has 1 aromatic rings. The van der Waals surface area contributed by atoms with E-state index in [1.807, 2.05) is 30.7 Å². The molecule has 0 saturated carbocycles. The monoisotopic (exact) mass is 444 g/mol. The summed E-state index contributed by atoms with van der Waals surface area (Å²) in [5.41, 5.74) is 2.67. The van der Waals surface area contributed by atoms with Gasteiger partial charge in [-0.05, 0) is 64.8 Å². The molecule has 1 N–H and O–H groups in total. The van der Waals surface area contributed by atoms with E-state index in [1.165, 1.54) is 11.3 Å². The van der Waals surface area contributed by atoms with Crippen LogP contribution in [0.5, 0.6) is 0 Å². The smallest absolute Gasteiger partial charge is 0.242 e. The van der Waals surface area contributed by atoms with Gasteiger partial charge in [0.2, 0.25) is 5.91 Å². The number of benzene rings is 1. The second-order valence-corrected chi connectivity index (χ2v) is 8.53. The SMILES string of the molecule is CCNC(=NCCCCN1CCN(c2cccc(C)c2)CC1)N(C)CC(=O)N(CC)CC. The quantitative estimate of drug-likeness (QED) is 0.323. The predicted molar refractivity (Wildman–Crippen MR) is 136 cm³/mol. The van der Waals surface area contributed by atoms with E-state index < -0.39 is 0 Å². The topological polar surface area (TPSA) is 54.4 Å². The van der Waals surface area contributed by atoms with Crippen molar-refractivity contribution in [3.05, 3.63) is 29.8 Å². The normalized spacial score (nSPS) is 15.0. The van der Waals surface area contributed by atoms with Gasteiger partial charge in [-0.3, -0.25) is 14.7 Å². The van der Waals surface area contributed by atoms with Crippen molar-refractivity contribution in [1.29, 1.82) is 0 Å². The number of carbonyl (C=O) groups is 1. The van der Waals surface area contributed by atoms with E-state index in [2.05, 4.69) is 53.2 Å². The molecule has 1 heterocycles. The van der Waals surface area contributed by atoms with Crippen LogP contribution in [0.25, 0.3) is 0 Å². The van der Waals surface area contributed by atoms with Crippen LogP contribution in [0.4, 0.5) is 5.69 Å². The lowest BCUT2D eigenvalue weighted by molar-refractivity contribution is -0.131. The Kier molecular flexibility index (Phi) is 11.4. The number of hydrogen-bond acceptors (Lipinski definition) is 4. The van der Waals surface area contributed by atoms with E-state index in [0.717, 1.165) is 77.7 Å². The molecule has 0 bridgehead atoms. The molecule has 0 atom stereocenters. The Labute approximate surface area is 195 Å². The van der Waals surface area contributed by atoms with Crippen molar-refractivity contribution in [2.75, 3.05) is 77.4 Å². The number of nitrogens with zero attached hydrogens (tertiary/aromatic N) is 5. The van der Waals surface area contributed by atoms with Gasteiger partial charge in [0, 0.05) is 65.1 Å². The highest BCUT2D eigenvalue weighted by molar-refractivity contribution is 5.86. The molecule has 1 fully saturated rings. The van der Waals surface area contributed by atoms with Gasteiger partial charge in [-0.15, -0.1) is 0 Å². The first kappa shape index (κ1) is 26.0. The molecular weight excluding hydrogens is 400 g/mol. The first-order valence-electron chi connectivity index (χ1n) is 12.3. The average molecular weight is 445 g/mol. The number of amides is 1. The maximum Gasteiger partial charge on any atom is 0.242 e. The molecule has 0 spiro atoms. The fourth-order valence-corrected chi connectivity index (χ4v) is 4.11. The van der Waals surface area contributed by atoms with E-state index in [-0.39, 0.29) is 5.91 Å². The van der Waals surface area contributed by atoms with E-state index >= 15 is 0 Å². The Hall–Kier alpha value is -2.28. The van der Waals surface area contributed by atoms with Gasteiger partial charge >= 0.3 is 0 Å². The van der Waals surface area contributed by atoms with Crippen LogP contribution in [-0.4, -0.2) is 99.1 Å². The Balaban J connectivity index is 1.70. The molecule has 7 nitrogen and oxygen atoms in total. The number of nitrogens with one attached hydrogen (secondary N) is 1. The fourth-order valence-electron chi connectivity index (χ4n) is 4.11. The number of guanidine groups is 1. The largest absolute Gasteiger partial charge is 0.369 e. The first-order chi connectivity index (χ1) is 15.5. The Morgan fingerprint density at radius 2 is 1.81 bits per heavy atom. The number of piperazine rings is 1. The van der Waals surface area contributed by atoms with Crippen molar-refractivity contribution >= 4 is 17.6 Å². The summed E-state index contributed by atoms with van der Waals surface area (Å²) in [5, 5.41) is 3.32. The fraction of sp³-hybridized carbons (Fsp3) is 0.680. The summed E-state index contributed by atoms with van der Waals surface area (Å²) in [6.07, 6.45) is 2.21. The number of likely N-dealkylation sites (N-methyl/N-ethyl adjacent to an activating group) is 2. The van der Waals surface area contributed by atoms with Crippen LogP contribution in [0.3, 0.4) is 0 Å². The van der Waals surface area contributed by atoms with Crippen molar-refractivity contribution in [3.63, 3.8) is 0 Å². The summed E-state index contributed by atoms with van der Waals surface area (Å²) in [6.45, 7) is 17.3. The van der Waals surface area contributed by atoms with Crippen molar-refractivity contribution in [3.8, 4) is 0 Å². The Morgan fingerprint density at radius 3 is 2.44 bits per heavy atom. The molecular formula is C25H44N6O. The average Bonchev–Trinajstić information content (AvgIpc) is 2.79. The molecule has 1 aromatic carbocycles. The third kappa shape index (κ3) is 8.34. The maximum atomic E-state index is 12.4. The van der Waals surface area contributed by atoms with Gasteiger partial charge in [0.15, 0.2) is 5.96 Å². The molecule has 0 unspecified atom stereocenters. The van der Waals surface area contributed by atoms with Crippen LogP contribution in [-0.2, 0) is 4.79 Å². The number of aryl methyl sites for hydroxylation is 1. The van der Waals surface area contributed by atoms with Crippen molar-refractivity contribution < 1.29 is 4.79 Å². The second-order valence-electron chi connectivity index (χ2n) is 8.53. The highest BCUT2D eigenvalue weighted by atomic mass is 16.2. The van der Waals surface area contributed by atoms with E-state index in [0.29, 0.717) is 6.54 Å². The molecule has 0 radical (unpaired) electrons. The summed E-state index contributed by atoms with van der Waals surface area (Å²) >= 11 is 0. The molecule has 7 heteroatoms. The lowest BCUT2D eigenvalue weighted by Gasteiger charge is -2.36. The summed E-state index contributed by atoms with van der Waals surface area (Å²) in [4.78, 5) is 26.0. The molecule has 1 amide bonds. The van der Waals surface area contributed by atoms with Gasteiger partial charge in [0.05, 0.1) is 6.54 Å². The summed E-state index contributed by atoms with van der Waals surface area (Å²) in [6, 6.07) is 8.80. The van der Waals surface area contributed by atoms with Crippen LogP contribution in [0.1, 0.15) is 39.2 Å². The van der Waals surface area contributed by atoms with Crippen molar-refractivity contribution in [2.24, 2.45) is 4.99 Å². The lowest BCUT2D eigenvalue weighted by atomic mass is 10.2. The number of aliphatic imine (C=N–C) groups is 1. The van der Waals surface area contributed by atoms with Crippen LogP contribution in [0.15, 0.2) is 29.3 Å². The van der Waals surface area contributed by atoms with Gasteiger partial charge < -0.3 is 20.0 Å². The van der Waals surface area contributed by atoms with Gasteiger partial charge in [0.25, 0.3) is 0 Å². The Morgan fingerprint density at radius 1 is 1.09 bits per heavy atom. The third-order valence-corrected chi connectivity index (χ3v) is 6.07. The number of anilines is 1. The Bertz CT molecular complexity index is 710. The minimum Gasteiger partial charge on any atom is -0.369 e. The van der Waals surface area contributed by atoms with E-state index in [4.69, 9.17) is 4.99 Å². The van der Waals surface area contributed by atoms with Crippen molar-refractivity contribution in [2.45, 2.75) is 40.5 Å². The minimum absolute atomic E-state index is 0.146. The highest BCUT2D eigenvalue weighted by Crippen LogP contribution is 2.17. The van der Waals surface area contributed by atoms with Gasteiger partial charge in [0.1, 0.15) is 0 Å². The summed E-state index contributed by atoms with van der Waals surface area (Å²) < 4.78 is 0. The van der Waals surface area contributed by atoms with Crippen molar-refractivity contribution in [1.82, 2.24) is 20.0 Å². The number of unbranched alkanes of at least 4 members (excludes halogenated alkanes) is 1. The van der Waals surface area contributed by atoms with Gasteiger partial charge in [-0.1, -0.05) is 12.1 Å². The number of rotatable bonds is 11. The number of hydrogen-bond donors (Lipinski definition) is 1. The summed E-state index contributed by atoms with van der Waals surface area (Å²) in [7, 11) is 1.94. The lowest BCUT2D eigenvalue weighted by Crippen LogP contribution is -2.46. The molecule has 1 saturated heterocycles. The minimum atomic E-state index is 0.146. The first-order valence-corrected chi connectivity index (χ1v) is 12.3. The third-order valence-electron chi connectivity index (χ3n) is 6.07. The number of carbonyl (C=O) groups excluding carboxylic acids is 1. The molecule has 180 valence electrons. The van der Waals surface area contributed by atoms with Crippen LogP contribution in [0.2, 0.25) is 0 Å². The van der Waals surface area contributed by atoms with Crippen LogP contribution in [0, 0.1) is 6.92 Å². The highest BCUT2D eigenvalue weighted by Gasteiger charge is 2.17. The molecule has 32 heavy (non-hydrogen) atoms. The zero-order chi connectivity index (χ0) is 23.3. The second kappa shape index (κ2) is 14.0. The molecule has 2 rings (SSSR count). The standard InChI is InChI=1S/C25H44N6O/c1-6-26-25(28(5)21-24(32)30(7-2)8-3)27-14-9-10-15-29-16-18-31(19-17-29)23-13-11-12-22(4)20-23/h11-13,20H,6-10,14-19,21H2,1-5H3,(H,26,27). The predicted octanol–water partition coefficient (Wildman–Crippen LogP) is 2.66.